The highest BCUT2D eigenvalue weighted by atomic mass is 79.9. The first-order chi connectivity index (χ1) is 13.8. The number of rotatable bonds is 4. The van der Waals surface area contributed by atoms with E-state index < -0.39 is 9.84 Å². The van der Waals surface area contributed by atoms with Crippen molar-refractivity contribution in [3.63, 3.8) is 0 Å². The summed E-state index contributed by atoms with van der Waals surface area (Å²) >= 11 is 5.01. The van der Waals surface area contributed by atoms with Crippen molar-refractivity contribution in [1.82, 2.24) is 4.98 Å². The zero-order valence-corrected chi connectivity index (χ0v) is 19.6. The summed E-state index contributed by atoms with van der Waals surface area (Å²) in [6, 6.07) is 13.5. The number of hydrogen-bond donors (Lipinski definition) is 0. The highest BCUT2D eigenvalue weighted by molar-refractivity contribution is 9.10. The third kappa shape index (κ3) is 4.27. The maximum Gasteiger partial charge on any atom is 0.185 e. The fraction of sp³-hybridized carbons (Fsp3) is 0.318. The topological polar surface area (TPSA) is 50.3 Å². The van der Waals surface area contributed by atoms with Crippen LogP contribution in [0.15, 0.2) is 57.2 Å². The number of benzene rings is 2. The van der Waals surface area contributed by atoms with E-state index in [9.17, 15) is 8.42 Å². The lowest BCUT2D eigenvalue weighted by Gasteiger charge is -2.31. The third-order valence-corrected chi connectivity index (χ3v) is 9.48. The van der Waals surface area contributed by atoms with Gasteiger partial charge in [-0.3, -0.25) is 0 Å². The number of nitrogens with zero attached hydrogens (tertiary/aromatic N) is 2. The van der Waals surface area contributed by atoms with Crippen LogP contribution in [0, 0.1) is 13.8 Å². The molecule has 1 aromatic heterocycles. The number of aromatic nitrogens is 1. The maximum absolute atomic E-state index is 13.0. The number of sulfone groups is 1. The summed E-state index contributed by atoms with van der Waals surface area (Å²) in [6.07, 6.45) is 1.23. The standard InChI is InChI=1S/C22H23BrN2O2S2/c1-15-11-16(2)13-17(12-15)20-14-28-22(24-20)25-9-7-18(8-10-25)29(26,27)21-6-4-3-5-19(21)23/h3-6,11-14,18H,7-10H2,1-2H3. The lowest BCUT2D eigenvalue weighted by atomic mass is 10.1. The second-order valence-corrected chi connectivity index (χ2v) is 11.4. The number of hydrogen-bond acceptors (Lipinski definition) is 5. The smallest absolute Gasteiger partial charge is 0.185 e. The van der Waals surface area contributed by atoms with E-state index in [0.29, 0.717) is 35.3 Å². The highest BCUT2D eigenvalue weighted by Crippen LogP contribution is 2.33. The molecule has 0 saturated carbocycles. The van der Waals surface area contributed by atoms with Crippen LogP contribution in [0.1, 0.15) is 24.0 Å². The molecule has 0 amide bonds. The minimum absolute atomic E-state index is 0.351. The van der Waals surface area contributed by atoms with Crippen molar-refractivity contribution < 1.29 is 8.42 Å². The van der Waals surface area contributed by atoms with Crippen molar-refractivity contribution >= 4 is 42.2 Å². The molecule has 1 aliphatic heterocycles. The number of piperidine rings is 1. The van der Waals surface area contributed by atoms with Crippen LogP contribution < -0.4 is 4.90 Å². The van der Waals surface area contributed by atoms with Gasteiger partial charge in [-0.1, -0.05) is 29.3 Å². The SMILES string of the molecule is Cc1cc(C)cc(-c2csc(N3CCC(S(=O)(=O)c4ccccc4Br)CC3)n2)c1. The first kappa shape index (κ1) is 20.6. The monoisotopic (exact) mass is 490 g/mol. The molecule has 29 heavy (non-hydrogen) atoms. The van der Waals surface area contributed by atoms with Crippen LogP contribution in [0.4, 0.5) is 5.13 Å². The van der Waals surface area contributed by atoms with E-state index in [-0.39, 0.29) is 5.25 Å². The van der Waals surface area contributed by atoms with E-state index in [1.807, 2.05) is 6.07 Å². The Labute approximate surface area is 184 Å². The second-order valence-electron chi connectivity index (χ2n) is 7.55. The van der Waals surface area contributed by atoms with Gasteiger partial charge in [-0.15, -0.1) is 11.3 Å². The van der Waals surface area contributed by atoms with Gasteiger partial charge in [0.05, 0.1) is 15.8 Å². The zero-order valence-electron chi connectivity index (χ0n) is 16.4. The van der Waals surface area contributed by atoms with Crippen molar-refractivity contribution in [2.24, 2.45) is 0 Å². The van der Waals surface area contributed by atoms with E-state index in [4.69, 9.17) is 4.98 Å². The molecule has 4 nitrogen and oxygen atoms in total. The van der Waals surface area contributed by atoms with Crippen molar-refractivity contribution in [1.29, 1.82) is 0 Å². The Morgan fingerprint density at radius 3 is 2.38 bits per heavy atom. The number of anilines is 1. The molecular formula is C22H23BrN2O2S2. The molecule has 7 heteroatoms. The molecule has 0 radical (unpaired) electrons. The molecule has 152 valence electrons. The normalized spacial score (nSPS) is 15.6. The van der Waals surface area contributed by atoms with Gasteiger partial charge < -0.3 is 4.90 Å². The average molecular weight is 491 g/mol. The van der Waals surface area contributed by atoms with Crippen LogP contribution in [0.25, 0.3) is 11.3 Å². The second kappa shape index (κ2) is 8.20. The predicted octanol–water partition coefficient (Wildman–Crippen LogP) is 5.63. The fourth-order valence-electron chi connectivity index (χ4n) is 3.88. The van der Waals surface area contributed by atoms with E-state index in [2.05, 4.69) is 58.3 Å². The molecule has 0 spiro atoms. The number of aryl methyl sites for hydroxylation is 2. The minimum atomic E-state index is -3.34. The predicted molar refractivity (Wildman–Crippen MR) is 124 cm³/mol. The van der Waals surface area contributed by atoms with Gasteiger partial charge in [0.25, 0.3) is 0 Å². The van der Waals surface area contributed by atoms with Gasteiger partial charge in [-0.25, -0.2) is 13.4 Å². The van der Waals surface area contributed by atoms with E-state index in [0.717, 1.165) is 16.4 Å². The van der Waals surface area contributed by atoms with Gasteiger partial charge in [-0.05, 0) is 66.9 Å². The molecule has 0 bridgehead atoms. The molecule has 2 aromatic carbocycles. The van der Waals surface area contributed by atoms with Crippen molar-refractivity contribution in [2.75, 3.05) is 18.0 Å². The maximum atomic E-state index is 13.0. The van der Waals surface area contributed by atoms with Crippen molar-refractivity contribution in [2.45, 2.75) is 36.8 Å². The van der Waals surface area contributed by atoms with E-state index in [1.165, 1.54) is 11.1 Å². The van der Waals surface area contributed by atoms with Crippen molar-refractivity contribution in [3.05, 3.63) is 63.4 Å². The molecule has 3 aromatic rings. The molecular weight excluding hydrogens is 468 g/mol. The van der Waals surface area contributed by atoms with Gasteiger partial charge in [0.2, 0.25) is 0 Å². The van der Waals surface area contributed by atoms with Crippen LogP contribution in [0.2, 0.25) is 0 Å². The Hall–Kier alpha value is -1.70. The van der Waals surface area contributed by atoms with Crippen LogP contribution in [0.5, 0.6) is 0 Å². The molecule has 4 rings (SSSR count). The molecule has 0 atom stereocenters. The Balaban J connectivity index is 1.48. The van der Waals surface area contributed by atoms with E-state index >= 15 is 0 Å². The molecule has 1 saturated heterocycles. The molecule has 0 unspecified atom stereocenters. The third-order valence-electron chi connectivity index (χ3n) is 5.30. The van der Waals surface area contributed by atoms with Crippen LogP contribution in [0.3, 0.4) is 0 Å². The Kier molecular flexibility index (Phi) is 5.82. The number of thiazole rings is 1. The molecule has 0 aliphatic carbocycles. The summed E-state index contributed by atoms with van der Waals surface area (Å²) in [5, 5.41) is 2.71. The van der Waals surface area contributed by atoms with E-state index in [1.54, 1.807) is 29.5 Å². The highest BCUT2D eigenvalue weighted by Gasteiger charge is 2.33. The number of halogens is 1. The Bertz CT molecular complexity index is 1110. The van der Waals surface area contributed by atoms with Gasteiger partial charge in [-0.2, -0.15) is 0 Å². The molecule has 1 aliphatic rings. The van der Waals surface area contributed by atoms with Crippen LogP contribution in [-0.4, -0.2) is 31.7 Å². The van der Waals surface area contributed by atoms with Crippen LogP contribution >= 0.6 is 27.3 Å². The Morgan fingerprint density at radius 2 is 1.72 bits per heavy atom. The van der Waals surface area contributed by atoms with Crippen LogP contribution in [-0.2, 0) is 9.84 Å². The molecule has 2 heterocycles. The molecule has 0 N–H and O–H groups in total. The Morgan fingerprint density at radius 1 is 1.07 bits per heavy atom. The summed E-state index contributed by atoms with van der Waals surface area (Å²) in [4.78, 5) is 7.44. The van der Waals surface area contributed by atoms with Gasteiger partial charge in [0.1, 0.15) is 0 Å². The lowest BCUT2D eigenvalue weighted by molar-refractivity contribution is 0.529. The first-order valence-corrected chi connectivity index (χ1v) is 12.8. The van der Waals surface area contributed by atoms with Crippen molar-refractivity contribution in [3.8, 4) is 11.3 Å². The van der Waals surface area contributed by atoms with Gasteiger partial charge in [0.15, 0.2) is 15.0 Å². The fourth-order valence-corrected chi connectivity index (χ4v) is 7.53. The summed E-state index contributed by atoms with van der Waals surface area (Å²) in [5.41, 5.74) is 4.58. The van der Waals surface area contributed by atoms with Gasteiger partial charge in [0, 0.05) is 28.5 Å². The first-order valence-electron chi connectivity index (χ1n) is 9.62. The lowest BCUT2D eigenvalue weighted by Crippen LogP contribution is -2.39. The summed E-state index contributed by atoms with van der Waals surface area (Å²) in [7, 11) is -3.34. The molecule has 1 fully saturated rings. The summed E-state index contributed by atoms with van der Waals surface area (Å²) in [6.45, 7) is 5.60. The zero-order chi connectivity index (χ0) is 20.6. The summed E-state index contributed by atoms with van der Waals surface area (Å²) in [5.74, 6) is 0. The quantitative estimate of drug-likeness (QED) is 0.475. The van der Waals surface area contributed by atoms with Gasteiger partial charge >= 0.3 is 0 Å². The average Bonchev–Trinajstić information content (AvgIpc) is 3.18. The minimum Gasteiger partial charge on any atom is -0.348 e. The largest absolute Gasteiger partial charge is 0.348 e. The summed E-state index contributed by atoms with van der Waals surface area (Å²) < 4.78 is 26.7.